The third-order valence-electron chi connectivity index (χ3n) is 4.65. The van der Waals surface area contributed by atoms with Crippen molar-refractivity contribution in [2.24, 2.45) is 5.92 Å². The highest BCUT2D eigenvalue weighted by atomic mass is 16.5. The molecule has 3 aliphatic rings. The number of fused-ring (bicyclic) bond motifs is 4. The Bertz CT molecular complexity index is 466. The minimum absolute atomic E-state index is 0.0619. The third-order valence-corrected chi connectivity index (χ3v) is 4.65. The molecule has 0 amide bonds. The van der Waals surface area contributed by atoms with Crippen molar-refractivity contribution < 1.29 is 9.84 Å². The Hall–Kier alpha value is -1.10. The van der Waals surface area contributed by atoms with Crippen molar-refractivity contribution in [3.05, 3.63) is 29.8 Å². The van der Waals surface area contributed by atoms with Gasteiger partial charge in [-0.15, -0.1) is 0 Å². The molecule has 1 N–H and O–H groups in total. The number of likely N-dealkylation sites (N-methyl/N-ethyl adjacent to an activating group) is 1. The van der Waals surface area contributed by atoms with Crippen molar-refractivity contribution in [1.82, 2.24) is 9.80 Å². The fourth-order valence-corrected chi connectivity index (χ4v) is 3.74. The first-order chi connectivity index (χ1) is 10.2. The molecule has 3 saturated heterocycles. The number of ether oxygens (including phenoxy) is 1. The van der Waals surface area contributed by atoms with Gasteiger partial charge in [0.05, 0.1) is 6.61 Å². The molecular formula is C17H26N2O2. The van der Waals surface area contributed by atoms with E-state index >= 15 is 0 Å². The Kier molecular flexibility index (Phi) is 4.78. The maximum Gasteiger partial charge on any atom is 0.119 e. The smallest absolute Gasteiger partial charge is 0.119 e. The second-order valence-corrected chi connectivity index (χ2v) is 6.47. The molecule has 4 heteroatoms. The van der Waals surface area contributed by atoms with Crippen LogP contribution < -0.4 is 4.74 Å². The molecule has 0 spiro atoms. The first-order valence-corrected chi connectivity index (χ1v) is 8.00. The molecule has 3 heterocycles. The van der Waals surface area contributed by atoms with E-state index in [0.29, 0.717) is 12.6 Å². The van der Waals surface area contributed by atoms with Crippen molar-refractivity contribution in [1.29, 1.82) is 0 Å². The molecule has 4 nitrogen and oxygen atoms in total. The van der Waals surface area contributed by atoms with Crippen LogP contribution in [0.2, 0.25) is 0 Å². The molecule has 3 aliphatic heterocycles. The van der Waals surface area contributed by atoms with Gasteiger partial charge >= 0.3 is 0 Å². The largest absolute Gasteiger partial charge is 0.491 e. The van der Waals surface area contributed by atoms with E-state index in [0.717, 1.165) is 18.2 Å². The lowest BCUT2D eigenvalue weighted by Gasteiger charge is -2.36. The van der Waals surface area contributed by atoms with Crippen LogP contribution in [0.1, 0.15) is 18.4 Å². The zero-order valence-electron chi connectivity index (χ0n) is 12.9. The van der Waals surface area contributed by atoms with Crippen LogP contribution in [-0.2, 0) is 6.54 Å². The summed E-state index contributed by atoms with van der Waals surface area (Å²) in [6.45, 7) is 5.08. The topological polar surface area (TPSA) is 35.9 Å². The molecule has 21 heavy (non-hydrogen) atoms. The molecular weight excluding hydrogens is 264 g/mol. The van der Waals surface area contributed by atoms with E-state index in [9.17, 15) is 0 Å². The number of hydrogen-bond donors (Lipinski definition) is 1. The summed E-state index contributed by atoms with van der Waals surface area (Å²) < 4.78 is 5.51. The second-order valence-electron chi connectivity index (χ2n) is 6.47. The lowest BCUT2D eigenvalue weighted by Crippen LogP contribution is -2.43. The Morgan fingerprint density at radius 2 is 2.14 bits per heavy atom. The van der Waals surface area contributed by atoms with E-state index in [1.807, 2.05) is 12.1 Å². The van der Waals surface area contributed by atoms with Crippen molar-refractivity contribution in [3.63, 3.8) is 0 Å². The fraction of sp³-hybridized carbons (Fsp3) is 0.647. The van der Waals surface area contributed by atoms with Gasteiger partial charge < -0.3 is 14.7 Å². The molecule has 2 bridgehead atoms. The summed E-state index contributed by atoms with van der Waals surface area (Å²) in [5, 5.41) is 8.85. The molecule has 0 unspecified atom stereocenters. The molecule has 3 fully saturated rings. The monoisotopic (exact) mass is 290 g/mol. The van der Waals surface area contributed by atoms with E-state index < -0.39 is 0 Å². The summed E-state index contributed by atoms with van der Waals surface area (Å²) >= 11 is 0. The van der Waals surface area contributed by atoms with Gasteiger partial charge in [0.25, 0.3) is 0 Å². The number of aliphatic hydroxyl groups excluding tert-OH is 1. The molecule has 4 rings (SSSR count). The molecule has 116 valence electrons. The van der Waals surface area contributed by atoms with E-state index in [4.69, 9.17) is 9.84 Å². The lowest BCUT2D eigenvalue weighted by molar-refractivity contribution is 0.124. The van der Waals surface area contributed by atoms with E-state index in [1.165, 1.54) is 38.0 Å². The van der Waals surface area contributed by atoms with Crippen LogP contribution in [0.5, 0.6) is 5.75 Å². The van der Waals surface area contributed by atoms with Crippen LogP contribution in [0.3, 0.4) is 0 Å². The summed E-state index contributed by atoms with van der Waals surface area (Å²) in [4.78, 5) is 5.13. The number of piperidine rings is 1. The highest BCUT2D eigenvalue weighted by Gasteiger charge is 2.33. The summed E-state index contributed by atoms with van der Waals surface area (Å²) in [6, 6.07) is 8.98. The average molecular weight is 290 g/mol. The molecule has 0 aromatic heterocycles. The van der Waals surface area contributed by atoms with Gasteiger partial charge in [-0.25, -0.2) is 0 Å². The normalized spacial score (nSPS) is 26.8. The van der Waals surface area contributed by atoms with Gasteiger partial charge in [0.15, 0.2) is 0 Å². The highest BCUT2D eigenvalue weighted by molar-refractivity contribution is 5.28. The molecule has 2 atom stereocenters. The fourth-order valence-electron chi connectivity index (χ4n) is 3.74. The second kappa shape index (κ2) is 6.77. The van der Waals surface area contributed by atoms with Gasteiger partial charge in [-0.05, 0) is 43.5 Å². The first-order valence-electron chi connectivity index (χ1n) is 8.00. The SMILES string of the molecule is CN1C[C@H]2CC[C@@H](C1)N(Cc1cccc(OCCO)c1)C2. The lowest BCUT2D eigenvalue weighted by atomic mass is 9.94. The molecule has 1 aromatic carbocycles. The van der Waals surface area contributed by atoms with Crippen LogP contribution in [0.4, 0.5) is 0 Å². The molecule has 0 saturated carbocycles. The van der Waals surface area contributed by atoms with E-state index in [2.05, 4.69) is 29.0 Å². The van der Waals surface area contributed by atoms with Crippen molar-refractivity contribution in [3.8, 4) is 5.75 Å². The summed E-state index contributed by atoms with van der Waals surface area (Å²) in [6.07, 6.45) is 2.71. The van der Waals surface area contributed by atoms with Crippen molar-refractivity contribution >= 4 is 0 Å². The van der Waals surface area contributed by atoms with E-state index in [1.54, 1.807) is 0 Å². The minimum Gasteiger partial charge on any atom is -0.491 e. The standard InChI is InChI=1S/C17H26N2O2/c1-18-10-15-5-6-16(13-18)19(12-15)11-14-3-2-4-17(9-14)21-8-7-20/h2-4,9,15-16,20H,5-8,10-13H2,1H3/t15-,16+/m1/s1. The van der Waals surface area contributed by atoms with Gasteiger partial charge in [-0.2, -0.15) is 0 Å². The van der Waals surface area contributed by atoms with Crippen LogP contribution >= 0.6 is 0 Å². The van der Waals surface area contributed by atoms with E-state index in [-0.39, 0.29) is 6.61 Å². The van der Waals surface area contributed by atoms with Gasteiger partial charge in [0, 0.05) is 32.2 Å². The maximum atomic E-state index is 8.85. The number of hydrogen-bond acceptors (Lipinski definition) is 4. The average Bonchev–Trinajstić information content (AvgIpc) is 2.74. The van der Waals surface area contributed by atoms with Gasteiger partial charge in [0.1, 0.15) is 12.4 Å². The highest BCUT2D eigenvalue weighted by Crippen LogP contribution is 2.29. The third kappa shape index (κ3) is 3.76. The number of aliphatic hydroxyl groups is 1. The zero-order valence-corrected chi connectivity index (χ0v) is 12.9. The minimum atomic E-state index is 0.0619. The Balaban J connectivity index is 1.66. The zero-order chi connectivity index (χ0) is 14.7. The van der Waals surface area contributed by atoms with Gasteiger partial charge in [-0.3, -0.25) is 4.90 Å². The summed E-state index contributed by atoms with van der Waals surface area (Å²) in [5.74, 6) is 1.68. The number of nitrogens with zero attached hydrogens (tertiary/aromatic N) is 2. The van der Waals surface area contributed by atoms with Crippen molar-refractivity contribution in [2.45, 2.75) is 25.4 Å². The number of benzene rings is 1. The van der Waals surface area contributed by atoms with Crippen LogP contribution in [0.25, 0.3) is 0 Å². The molecule has 0 radical (unpaired) electrons. The quantitative estimate of drug-likeness (QED) is 0.893. The summed E-state index contributed by atoms with van der Waals surface area (Å²) in [7, 11) is 2.25. The molecule has 1 aromatic rings. The summed E-state index contributed by atoms with van der Waals surface area (Å²) in [5.41, 5.74) is 1.31. The van der Waals surface area contributed by atoms with Crippen LogP contribution in [0, 0.1) is 5.92 Å². The Labute approximate surface area is 127 Å². The van der Waals surface area contributed by atoms with Gasteiger partial charge in [-0.1, -0.05) is 12.1 Å². The Morgan fingerprint density at radius 3 is 3.00 bits per heavy atom. The van der Waals surface area contributed by atoms with Crippen molar-refractivity contribution in [2.75, 3.05) is 39.9 Å². The van der Waals surface area contributed by atoms with Crippen LogP contribution in [-0.4, -0.2) is 60.8 Å². The van der Waals surface area contributed by atoms with Crippen LogP contribution in [0.15, 0.2) is 24.3 Å². The predicted molar refractivity (Wildman–Crippen MR) is 83.4 cm³/mol. The Morgan fingerprint density at radius 1 is 1.24 bits per heavy atom. The predicted octanol–water partition coefficient (Wildman–Crippen LogP) is 1.58. The number of rotatable bonds is 5. The first kappa shape index (κ1) is 14.8. The maximum absolute atomic E-state index is 8.85. The molecule has 0 aliphatic carbocycles. The van der Waals surface area contributed by atoms with Gasteiger partial charge in [0.2, 0.25) is 0 Å².